The van der Waals surface area contributed by atoms with Gasteiger partial charge < -0.3 is 10.2 Å². The largest absolute Gasteiger partial charge is 0.339 e. The van der Waals surface area contributed by atoms with Gasteiger partial charge in [-0.05, 0) is 64.5 Å². The maximum Gasteiger partial charge on any atom is 0.229 e. The fourth-order valence-corrected chi connectivity index (χ4v) is 4.52. The summed E-state index contributed by atoms with van der Waals surface area (Å²) in [7, 11) is 2.01. The summed E-state index contributed by atoms with van der Waals surface area (Å²) in [5.41, 5.74) is -0.0244. The molecular weight excluding hydrogens is 260 g/mol. The molecule has 2 aliphatic rings. The Bertz CT molecular complexity index is 334. The predicted molar refractivity (Wildman–Crippen MR) is 88.3 cm³/mol. The first kappa shape index (κ1) is 16.8. The highest BCUT2D eigenvalue weighted by Crippen LogP contribution is 2.45. The van der Waals surface area contributed by atoms with E-state index in [2.05, 4.69) is 24.1 Å². The van der Waals surface area contributed by atoms with E-state index in [0.717, 1.165) is 38.8 Å². The zero-order valence-electron chi connectivity index (χ0n) is 14.3. The molecule has 1 unspecified atom stereocenters. The molecule has 1 N–H and O–H groups in total. The Hall–Kier alpha value is -0.570. The molecule has 0 aromatic carbocycles. The van der Waals surface area contributed by atoms with Crippen LogP contribution in [0.15, 0.2) is 0 Å². The van der Waals surface area contributed by atoms with Crippen LogP contribution in [0.4, 0.5) is 0 Å². The van der Waals surface area contributed by atoms with Gasteiger partial charge in [0.1, 0.15) is 0 Å². The van der Waals surface area contributed by atoms with Gasteiger partial charge in [0, 0.05) is 18.0 Å². The highest BCUT2D eigenvalue weighted by Gasteiger charge is 2.45. The zero-order chi connectivity index (χ0) is 15.3. The molecule has 1 atom stereocenters. The quantitative estimate of drug-likeness (QED) is 0.812. The summed E-state index contributed by atoms with van der Waals surface area (Å²) in [5, 5.41) is 3.25. The van der Waals surface area contributed by atoms with Crippen molar-refractivity contribution >= 4 is 5.91 Å². The van der Waals surface area contributed by atoms with Gasteiger partial charge in [-0.1, -0.05) is 26.7 Å². The van der Waals surface area contributed by atoms with Gasteiger partial charge in [0.25, 0.3) is 0 Å². The van der Waals surface area contributed by atoms with E-state index >= 15 is 0 Å². The van der Waals surface area contributed by atoms with Crippen molar-refractivity contribution < 1.29 is 4.79 Å². The lowest BCUT2D eigenvalue weighted by Gasteiger charge is -2.42. The summed E-state index contributed by atoms with van der Waals surface area (Å²) in [5.74, 6) is 1.11. The number of nitrogens with one attached hydrogen (secondary N) is 1. The molecule has 1 saturated heterocycles. The average molecular weight is 294 g/mol. The molecule has 2 rings (SSSR count). The second-order valence-corrected chi connectivity index (χ2v) is 7.63. The van der Waals surface area contributed by atoms with Gasteiger partial charge in [0.2, 0.25) is 5.91 Å². The van der Waals surface area contributed by atoms with Crippen molar-refractivity contribution in [3.8, 4) is 0 Å². The molecule has 1 amide bonds. The Morgan fingerprint density at radius 1 is 1.24 bits per heavy atom. The summed E-state index contributed by atoms with van der Waals surface area (Å²) in [6, 6.07) is 0.475. The highest BCUT2D eigenvalue weighted by molar-refractivity contribution is 5.83. The van der Waals surface area contributed by atoms with Crippen molar-refractivity contribution in [2.45, 2.75) is 77.7 Å². The molecule has 21 heavy (non-hydrogen) atoms. The highest BCUT2D eigenvalue weighted by atomic mass is 16.2. The zero-order valence-corrected chi connectivity index (χ0v) is 14.3. The molecule has 3 nitrogen and oxygen atoms in total. The van der Waals surface area contributed by atoms with Crippen LogP contribution in [0.25, 0.3) is 0 Å². The van der Waals surface area contributed by atoms with Crippen molar-refractivity contribution in [2.75, 3.05) is 20.1 Å². The lowest BCUT2D eigenvalue weighted by Crippen LogP contribution is -2.51. The third kappa shape index (κ3) is 4.00. The van der Waals surface area contributed by atoms with Crippen LogP contribution < -0.4 is 5.32 Å². The topological polar surface area (TPSA) is 32.3 Å². The van der Waals surface area contributed by atoms with Crippen LogP contribution in [0.5, 0.6) is 0 Å². The van der Waals surface area contributed by atoms with Crippen molar-refractivity contribution in [3.05, 3.63) is 0 Å². The van der Waals surface area contributed by atoms with Crippen LogP contribution in [0, 0.1) is 11.3 Å². The molecule has 3 heteroatoms. The number of carbonyl (C=O) groups is 1. The lowest BCUT2D eigenvalue weighted by atomic mass is 9.76. The fourth-order valence-electron chi connectivity index (χ4n) is 4.52. The second-order valence-electron chi connectivity index (χ2n) is 7.63. The van der Waals surface area contributed by atoms with Crippen LogP contribution >= 0.6 is 0 Å². The number of hydrogen-bond donors (Lipinski definition) is 1. The van der Waals surface area contributed by atoms with Gasteiger partial charge in [-0.15, -0.1) is 0 Å². The maximum absolute atomic E-state index is 13.3. The average Bonchev–Trinajstić information content (AvgIpc) is 2.93. The van der Waals surface area contributed by atoms with E-state index in [-0.39, 0.29) is 5.41 Å². The van der Waals surface area contributed by atoms with Crippen molar-refractivity contribution in [1.29, 1.82) is 0 Å². The first-order valence-corrected chi connectivity index (χ1v) is 9.05. The first-order valence-electron chi connectivity index (χ1n) is 9.05. The summed E-state index contributed by atoms with van der Waals surface area (Å²) in [4.78, 5) is 15.6. The van der Waals surface area contributed by atoms with Crippen molar-refractivity contribution in [3.63, 3.8) is 0 Å². The number of piperidine rings is 1. The molecule has 0 bridgehead atoms. The summed E-state index contributed by atoms with van der Waals surface area (Å²) in [6.07, 6.45) is 10.6. The van der Waals surface area contributed by atoms with Gasteiger partial charge in [0.05, 0.1) is 0 Å². The van der Waals surface area contributed by atoms with Crippen LogP contribution in [0.1, 0.15) is 71.6 Å². The number of rotatable bonds is 6. The Morgan fingerprint density at radius 3 is 2.57 bits per heavy atom. The predicted octanol–water partition coefficient (Wildman–Crippen LogP) is 3.58. The Balaban J connectivity index is 2.10. The number of amides is 1. The van der Waals surface area contributed by atoms with Gasteiger partial charge in [0.15, 0.2) is 0 Å². The summed E-state index contributed by atoms with van der Waals surface area (Å²) < 4.78 is 0. The van der Waals surface area contributed by atoms with Crippen LogP contribution in [0.3, 0.4) is 0 Å². The number of nitrogens with zero attached hydrogens (tertiary/aromatic N) is 1. The summed E-state index contributed by atoms with van der Waals surface area (Å²) >= 11 is 0. The molecule has 0 aromatic heterocycles. The van der Waals surface area contributed by atoms with Crippen molar-refractivity contribution in [1.82, 2.24) is 10.2 Å². The summed E-state index contributed by atoms with van der Waals surface area (Å²) in [6.45, 7) is 6.54. The van der Waals surface area contributed by atoms with Crippen LogP contribution in [-0.2, 0) is 4.79 Å². The van der Waals surface area contributed by atoms with Gasteiger partial charge in [-0.3, -0.25) is 4.79 Å². The smallest absolute Gasteiger partial charge is 0.229 e. The van der Waals surface area contributed by atoms with E-state index in [1.807, 2.05) is 7.05 Å². The van der Waals surface area contributed by atoms with E-state index in [9.17, 15) is 4.79 Å². The molecule has 0 radical (unpaired) electrons. The van der Waals surface area contributed by atoms with E-state index in [1.54, 1.807) is 0 Å². The van der Waals surface area contributed by atoms with Crippen LogP contribution in [0.2, 0.25) is 0 Å². The standard InChI is InChI=1S/C18H34N2O/c1-15(2)14-18(10-5-6-11-18)17(21)20-13-7-4-8-16(20)9-12-19-3/h15-16,19H,4-14H2,1-3H3. The third-order valence-corrected chi connectivity index (χ3v) is 5.43. The Labute approximate surface area is 130 Å². The second kappa shape index (κ2) is 7.62. The molecular formula is C18H34N2O. The molecule has 1 aliphatic heterocycles. The van der Waals surface area contributed by atoms with E-state index in [0.29, 0.717) is 17.9 Å². The minimum absolute atomic E-state index is 0.0244. The van der Waals surface area contributed by atoms with Crippen molar-refractivity contribution in [2.24, 2.45) is 11.3 Å². The third-order valence-electron chi connectivity index (χ3n) is 5.43. The van der Waals surface area contributed by atoms with E-state index in [1.165, 1.54) is 32.1 Å². The monoisotopic (exact) mass is 294 g/mol. The molecule has 0 spiro atoms. The molecule has 0 aromatic rings. The van der Waals surface area contributed by atoms with Crippen LogP contribution in [-0.4, -0.2) is 37.0 Å². The fraction of sp³-hybridized carbons (Fsp3) is 0.944. The molecule has 1 heterocycles. The SMILES string of the molecule is CNCCC1CCCCN1C(=O)C1(CC(C)C)CCCC1. The van der Waals surface area contributed by atoms with Gasteiger partial charge in [-0.2, -0.15) is 0 Å². The molecule has 1 saturated carbocycles. The molecule has 122 valence electrons. The first-order chi connectivity index (χ1) is 10.1. The minimum atomic E-state index is -0.0244. The normalized spacial score (nSPS) is 25.5. The lowest BCUT2D eigenvalue weighted by molar-refractivity contribution is -0.147. The Morgan fingerprint density at radius 2 is 1.95 bits per heavy atom. The van der Waals surface area contributed by atoms with E-state index in [4.69, 9.17) is 0 Å². The van der Waals surface area contributed by atoms with E-state index < -0.39 is 0 Å². The number of hydrogen-bond acceptors (Lipinski definition) is 2. The number of likely N-dealkylation sites (tertiary alicyclic amines) is 1. The number of carbonyl (C=O) groups excluding carboxylic acids is 1. The van der Waals surface area contributed by atoms with Gasteiger partial charge >= 0.3 is 0 Å². The van der Waals surface area contributed by atoms with Gasteiger partial charge in [-0.25, -0.2) is 0 Å². The maximum atomic E-state index is 13.3. The molecule has 2 fully saturated rings. The molecule has 1 aliphatic carbocycles. The Kier molecular flexibility index (Phi) is 6.09. The minimum Gasteiger partial charge on any atom is -0.339 e.